The van der Waals surface area contributed by atoms with Crippen molar-refractivity contribution < 1.29 is 9.90 Å². The zero-order chi connectivity index (χ0) is 15.0. The maximum Gasteiger partial charge on any atom is 0.346 e. The Morgan fingerprint density at radius 3 is 2.90 bits per heavy atom. The molecule has 0 saturated heterocycles. The number of fused-ring (bicyclic) bond motifs is 1. The Bertz CT molecular complexity index is 864. The van der Waals surface area contributed by atoms with Gasteiger partial charge in [0.25, 0.3) is 5.56 Å². The van der Waals surface area contributed by atoms with Crippen LogP contribution < -0.4 is 5.56 Å². The van der Waals surface area contributed by atoms with Crippen molar-refractivity contribution in [3.8, 4) is 0 Å². The van der Waals surface area contributed by atoms with Gasteiger partial charge in [0.05, 0.1) is 18.3 Å². The lowest BCUT2D eigenvalue weighted by Gasteiger charge is -2.05. The highest BCUT2D eigenvalue weighted by atomic mass is 32.1. The second-order valence-corrected chi connectivity index (χ2v) is 5.55. The van der Waals surface area contributed by atoms with Crippen LogP contribution in [0.15, 0.2) is 29.6 Å². The fourth-order valence-corrected chi connectivity index (χ4v) is 3.14. The van der Waals surface area contributed by atoms with Gasteiger partial charge in [0, 0.05) is 18.9 Å². The number of aryl methyl sites for hydroxylation is 3. The van der Waals surface area contributed by atoms with E-state index in [-0.39, 0.29) is 10.4 Å². The number of aromatic carboxylic acids is 1. The van der Waals surface area contributed by atoms with E-state index in [1.807, 2.05) is 12.3 Å². The molecule has 0 radical (unpaired) electrons. The monoisotopic (exact) mass is 304 g/mol. The average molecular weight is 304 g/mol. The molecule has 0 spiro atoms. The van der Waals surface area contributed by atoms with Crippen LogP contribution >= 0.6 is 11.3 Å². The van der Waals surface area contributed by atoms with Crippen molar-refractivity contribution in [1.29, 1.82) is 0 Å². The molecule has 0 aliphatic rings. The fourth-order valence-electron chi connectivity index (χ4n) is 2.17. The Morgan fingerprint density at radius 2 is 2.24 bits per heavy atom. The summed E-state index contributed by atoms with van der Waals surface area (Å²) in [5.74, 6) is -1.03. The van der Waals surface area contributed by atoms with E-state index in [1.54, 1.807) is 17.8 Å². The molecule has 0 unspecified atom stereocenters. The second kappa shape index (κ2) is 5.13. The molecule has 0 aromatic carbocycles. The first-order chi connectivity index (χ1) is 10.1. The first-order valence-electron chi connectivity index (χ1n) is 6.27. The summed E-state index contributed by atoms with van der Waals surface area (Å²) in [6.45, 7) is 2.62. The lowest BCUT2D eigenvalue weighted by Crippen LogP contribution is -2.23. The van der Waals surface area contributed by atoms with E-state index in [4.69, 9.17) is 5.11 Å². The molecule has 1 N–H and O–H groups in total. The molecule has 0 bridgehead atoms. The van der Waals surface area contributed by atoms with Crippen LogP contribution in [0.25, 0.3) is 10.2 Å². The van der Waals surface area contributed by atoms with Crippen LogP contribution in [-0.2, 0) is 13.1 Å². The quantitative estimate of drug-likeness (QED) is 0.786. The van der Waals surface area contributed by atoms with Gasteiger partial charge in [-0.05, 0) is 18.6 Å². The molecule has 7 nitrogen and oxygen atoms in total. The van der Waals surface area contributed by atoms with Gasteiger partial charge in [-0.2, -0.15) is 5.10 Å². The molecule has 108 valence electrons. The molecule has 0 aliphatic heterocycles. The zero-order valence-corrected chi connectivity index (χ0v) is 12.0. The van der Waals surface area contributed by atoms with Gasteiger partial charge in [0.15, 0.2) is 0 Å². The lowest BCUT2D eigenvalue weighted by atomic mass is 10.2. The smallest absolute Gasteiger partial charge is 0.346 e. The number of carboxylic acids is 1. The molecule has 0 amide bonds. The first kappa shape index (κ1) is 13.5. The summed E-state index contributed by atoms with van der Waals surface area (Å²) in [5, 5.41) is 13.6. The molecule has 0 saturated carbocycles. The fraction of sp³-hybridized carbons (Fsp3) is 0.231. The first-order valence-corrected chi connectivity index (χ1v) is 7.09. The molecular formula is C13H12N4O3S. The summed E-state index contributed by atoms with van der Waals surface area (Å²) >= 11 is 1.03. The van der Waals surface area contributed by atoms with Crippen LogP contribution in [0.5, 0.6) is 0 Å². The van der Waals surface area contributed by atoms with E-state index in [9.17, 15) is 9.59 Å². The van der Waals surface area contributed by atoms with E-state index in [0.717, 1.165) is 11.3 Å². The van der Waals surface area contributed by atoms with Gasteiger partial charge in [-0.1, -0.05) is 0 Å². The highest BCUT2D eigenvalue weighted by Gasteiger charge is 2.18. The van der Waals surface area contributed by atoms with Crippen LogP contribution in [0.3, 0.4) is 0 Å². The Kier molecular flexibility index (Phi) is 3.30. The van der Waals surface area contributed by atoms with Gasteiger partial charge in [0.2, 0.25) is 0 Å². The molecule has 0 atom stereocenters. The zero-order valence-electron chi connectivity index (χ0n) is 11.2. The van der Waals surface area contributed by atoms with E-state index >= 15 is 0 Å². The van der Waals surface area contributed by atoms with Crippen molar-refractivity contribution in [2.75, 3.05) is 0 Å². The molecule has 0 fully saturated rings. The highest BCUT2D eigenvalue weighted by Crippen LogP contribution is 2.26. The van der Waals surface area contributed by atoms with Crippen molar-refractivity contribution in [1.82, 2.24) is 19.3 Å². The minimum atomic E-state index is -1.03. The molecule has 3 rings (SSSR count). The molecule has 3 heterocycles. The Balaban J connectivity index is 2.01. The van der Waals surface area contributed by atoms with E-state index in [1.165, 1.54) is 10.9 Å². The minimum Gasteiger partial charge on any atom is -0.477 e. The third-order valence-corrected chi connectivity index (χ3v) is 4.43. The third-order valence-electron chi connectivity index (χ3n) is 3.24. The normalized spacial score (nSPS) is 11.1. The number of carbonyl (C=O) groups is 1. The minimum absolute atomic E-state index is 0.166. The third kappa shape index (κ3) is 2.33. The SMILES string of the molecule is Cc1c(C(=O)O)sc2ncn(CCn3cccn3)c(=O)c12. The number of hydrogen-bond donors (Lipinski definition) is 1. The average Bonchev–Trinajstić information content (AvgIpc) is 3.06. The standard InChI is InChI=1S/C13H12N4O3S/c1-8-9-11(21-10(8)13(19)20)14-7-16(12(9)18)5-6-17-4-2-3-15-17/h2-4,7H,5-6H2,1H3,(H,19,20). The summed E-state index contributed by atoms with van der Waals surface area (Å²) in [5.41, 5.74) is 0.266. The summed E-state index contributed by atoms with van der Waals surface area (Å²) in [4.78, 5) is 28.4. The Hall–Kier alpha value is -2.48. The van der Waals surface area contributed by atoms with E-state index in [0.29, 0.717) is 28.9 Å². The highest BCUT2D eigenvalue weighted by molar-refractivity contribution is 7.20. The van der Waals surface area contributed by atoms with Crippen molar-refractivity contribution in [2.45, 2.75) is 20.0 Å². The van der Waals surface area contributed by atoms with Gasteiger partial charge < -0.3 is 5.11 Å². The predicted molar refractivity (Wildman–Crippen MR) is 77.8 cm³/mol. The maximum absolute atomic E-state index is 12.5. The van der Waals surface area contributed by atoms with Crippen molar-refractivity contribution >= 4 is 27.5 Å². The van der Waals surface area contributed by atoms with Gasteiger partial charge >= 0.3 is 5.97 Å². The maximum atomic E-state index is 12.5. The molecule has 3 aromatic rings. The van der Waals surface area contributed by atoms with Crippen molar-refractivity contribution in [2.24, 2.45) is 0 Å². The number of carboxylic acid groups (broad SMARTS) is 1. The van der Waals surface area contributed by atoms with Crippen LogP contribution in [0.4, 0.5) is 0 Å². The summed E-state index contributed by atoms with van der Waals surface area (Å²) in [7, 11) is 0. The second-order valence-electron chi connectivity index (χ2n) is 4.55. The van der Waals surface area contributed by atoms with E-state index in [2.05, 4.69) is 10.1 Å². The number of rotatable bonds is 4. The molecule has 3 aromatic heterocycles. The Morgan fingerprint density at radius 1 is 1.43 bits per heavy atom. The Labute approximate surface area is 123 Å². The summed E-state index contributed by atoms with van der Waals surface area (Å²) in [6, 6.07) is 1.81. The topological polar surface area (TPSA) is 90.0 Å². The van der Waals surface area contributed by atoms with Crippen LogP contribution in [-0.4, -0.2) is 30.4 Å². The summed E-state index contributed by atoms with van der Waals surface area (Å²) in [6.07, 6.45) is 4.94. The predicted octanol–water partition coefficient (Wildman–Crippen LogP) is 1.36. The number of aromatic nitrogens is 4. The van der Waals surface area contributed by atoms with Crippen molar-refractivity contribution in [3.63, 3.8) is 0 Å². The molecule has 8 heteroatoms. The van der Waals surface area contributed by atoms with Crippen LogP contribution in [0.2, 0.25) is 0 Å². The number of nitrogens with zero attached hydrogens (tertiary/aromatic N) is 4. The van der Waals surface area contributed by atoms with Crippen LogP contribution in [0.1, 0.15) is 15.2 Å². The number of hydrogen-bond acceptors (Lipinski definition) is 5. The van der Waals surface area contributed by atoms with Gasteiger partial charge in [-0.25, -0.2) is 9.78 Å². The molecule has 21 heavy (non-hydrogen) atoms. The van der Waals surface area contributed by atoms with Gasteiger partial charge in [0.1, 0.15) is 9.71 Å². The summed E-state index contributed by atoms with van der Waals surface area (Å²) < 4.78 is 3.20. The van der Waals surface area contributed by atoms with E-state index < -0.39 is 5.97 Å². The van der Waals surface area contributed by atoms with Crippen LogP contribution in [0, 0.1) is 6.92 Å². The number of thiophene rings is 1. The van der Waals surface area contributed by atoms with Gasteiger partial charge in [-0.15, -0.1) is 11.3 Å². The van der Waals surface area contributed by atoms with Crippen molar-refractivity contribution in [3.05, 3.63) is 45.6 Å². The lowest BCUT2D eigenvalue weighted by molar-refractivity contribution is 0.0701. The van der Waals surface area contributed by atoms with Gasteiger partial charge in [-0.3, -0.25) is 14.0 Å². The molecule has 0 aliphatic carbocycles. The molecular weight excluding hydrogens is 292 g/mol. The largest absolute Gasteiger partial charge is 0.477 e.